The van der Waals surface area contributed by atoms with E-state index in [9.17, 15) is 4.39 Å². The molecule has 0 saturated heterocycles. The number of hydrogen-bond acceptors (Lipinski definition) is 2. The molecule has 2 aromatic carbocycles. The smallest absolute Gasteiger partial charge is 0.191 e. The maximum Gasteiger partial charge on any atom is 0.191 e. The maximum absolute atomic E-state index is 13.2. The van der Waals surface area contributed by atoms with Gasteiger partial charge in [-0.2, -0.15) is 0 Å². The molecule has 0 bridgehead atoms. The highest BCUT2D eigenvalue weighted by Crippen LogP contribution is 2.13. The van der Waals surface area contributed by atoms with Gasteiger partial charge in [-0.25, -0.2) is 4.39 Å². The molecule has 0 unspecified atom stereocenters. The van der Waals surface area contributed by atoms with Crippen molar-refractivity contribution >= 4 is 29.9 Å². The van der Waals surface area contributed by atoms with Crippen molar-refractivity contribution in [3.05, 3.63) is 65.5 Å². The van der Waals surface area contributed by atoms with Crippen LogP contribution in [0.2, 0.25) is 0 Å². The van der Waals surface area contributed by atoms with E-state index in [1.54, 1.807) is 13.1 Å². The summed E-state index contributed by atoms with van der Waals surface area (Å²) in [5, 5.41) is 6.40. The predicted octanol–water partition coefficient (Wildman–Crippen LogP) is 4.10. The van der Waals surface area contributed by atoms with Crippen LogP contribution in [0.3, 0.4) is 0 Å². The van der Waals surface area contributed by atoms with Gasteiger partial charge >= 0.3 is 0 Å². The summed E-state index contributed by atoms with van der Waals surface area (Å²) in [6, 6.07) is 14.5. The Morgan fingerprint density at radius 1 is 1.04 bits per heavy atom. The summed E-state index contributed by atoms with van der Waals surface area (Å²) in [7, 11) is 1.71. The van der Waals surface area contributed by atoms with Crippen LogP contribution in [0.4, 0.5) is 4.39 Å². The highest BCUT2D eigenvalue weighted by Gasteiger charge is 2.01. The fourth-order valence-corrected chi connectivity index (χ4v) is 2.20. The van der Waals surface area contributed by atoms with E-state index in [0.717, 1.165) is 16.9 Å². The Morgan fingerprint density at radius 2 is 1.68 bits per heavy atom. The van der Waals surface area contributed by atoms with E-state index < -0.39 is 0 Å². The molecule has 25 heavy (non-hydrogen) atoms. The van der Waals surface area contributed by atoms with Crippen molar-refractivity contribution in [2.75, 3.05) is 7.05 Å². The fourth-order valence-electron chi connectivity index (χ4n) is 2.20. The molecule has 0 atom stereocenters. The van der Waals surface area contributed by atoms with Crippen LogP contribution in [-0.2, 0) is 13.1 Å². The van der Waals surface area contributed by atoms with Crippen LogP contribution in [0, 0.1) is 5.82 Å². The monoisotopic (exact) mass is 457 g/mol. The van der Waals surface area contributed by atoms with Crippen molar-refractivity contribution in [1.29, 1.82) is 0 Å². The van der Waals surface area contributed by atoms with Crippen molar-refractivity contribution in [3.63, 3.8) is 0 Å². The van der Waals surface area contributed by atoms with Crippen LogP contribution >= 0.6 is 24.0 Å². The summed E-state index contributed by atoms with van der Waals surface area (Å²) in [6.07, 6.45) is 0.167. The van der Waals surface area contributed by atoms with Crippen LogP contribution in [0.25, 0.3) is 0 Å². The minimum Gasteiger partial charge on any atom is -0.491 e. The summed E-state index contributed by atoms with van der Waals surface area (Å²) in [5.41, 5.74) is 1.99. The first-order valence-corrected chi connectivity index (χ1v) is 8.01. The van der Waals surface area contributed by atoms with Gasteiger partial charge in [0.25, 0.3) is 0 Å². The zero-order valence-electron chi connectivity index (χ0n) is 14.8. The number of nitrogens with one attached hydrogen (secondary N) is 2. The average molecular weight is 457 g/mol. The quantitative estimate of drug-likeness (QED) is 0.390. The standard InChI is InChI=1S/C19H24FN3O.HI/c1-14(2)24-18-9-7-15(8-10-18)12-22-19(21-3)23-13-16-5-4-6-17(20)11-16;/h4-11,14H,12-13H2,1-3H3,(H2,21,22,23);1H. The molecule has 4 nitrogen and oxygen atoms in total. The normalized spacial score (nSPS) is 11.0. The number of benzene rings is 2. The van der Waals surface area contributed by atoms with Gasteiger partial charge < -0.3 is 15.4 Å². The molecule has 0 spiro atoms. The first-order valence-electron chi connectivity index (χ1n) is 8.01. The fraction of sp³-hybridized carbons (Fsp3) is 0.316. The third kappa shape index (κ3) is 7.72. The van der Waals surface area contributed by atoms with Gasteiger partial charge in [-0.3, -0.25) is 4.99 Å². The van der Waals surface area contributed by atoms with E-state index in [1.807, 2.05) is 44.2 Å². The number of rotatable bonds is 6. The van der Waals surface area contributed by atoms with Gasteiger partial charge in [0.2, 0.25) is 0 Å². The second-order valence-corrected chi connectivity index (χ2v) is 5.72. The van der Waals surface area contributed by atoms with Gasteiger partial charge in [0.15, 0.2) is 5.96 Å². The van der Waals surface area contributed by atoms with E-state index in [-0.39, 0.29) is 35.9 Å². The molecule has 0 aliphatic heterocycles. The minimum absolute atomic E-state index is 0. The number of ether oxygens (including phenoxy) is 1. The minimum atomic E-state index is -0.235. The number of aliphatic imine (C=N–C) groups is 1. The van der Waals surface area contributed by atoms with Crippen LogP contribution in [0.15, 0.2) is 53.5 Å². The van der Waals surface area contributed by atoms with E-state index in [1.165, 1.54) is 12.1 Å². The van der Waals surface area contributed by atoms with Crippen molar-refractivity contribution in [1.82, 2.24) is 10.6 Å². The molecule has 0 aliphatic rings. The number of hydrogen-bond donors (Lipinski definition) is 2. The van der Waals surface area contributed by atoms with Crippen molar-refractivity contribution in [2.24, 2.45) is 4.99 Å². The molecule has 0 aliphatic carbocycles. The maximum atomic E-state index is 13.2. The molecule has 0 saturated carbocycles. The molecule has 0 radical (unpaired) electrons. The van der Waals surface area contributed by atoms with Crippen LogP contribution in [0.5, 0.6) is 5.75 Å². The Balaban J connectivity index is 0.00000312. The molecule has 0 aromatic heterocycles. The first kappa shape index (κ1) is 21.2. The zero-order valence-corrected chi connectivity index (χ0v) is 17.1. The largest absolute Gasteiger partial charge is 0.491 e. The Kier molecular flexibility index (Phi) is 9.26. The van der Waals surface area contributed by atoms with Gasteiger partial charge in [-0.05, 0) is 49.2 Å². The first-order chi connectivity index (χ1) is 11.6. The Hall–Kier alpha value is -1.83. The SMILES string of the molecule is CN=C(NCc1ccc(OC(C)C)cc1)NCc1cccc(F)c1.I. The van der Waals surface area contributed by atoms with Gasteiger partial charge in [-0.15, -0.1) is 24.0 Å². The van der Waals surface area contributed by atoms with Crippen LogP contribution < -0.4 is 15.4 Å². The topological polar surface area (TPSA) is 45.7 Å². The van der Waals surface area contributed by atoms with Crippen LogP contribution in [-0.4, -0.2) is 19.1 Å². The van der Waals surface area contributed by atoms with Crippen molar-refractivity contribution in [3.8, 4) is 5.75 Å². The predicted molar refractivity (Wildman–Crippen MR) is 111 cm³/mol. The third-order valence-electron chi connectivity index (χ3n) is 3.33. The molecule has 6 heteroatoms. The van der Waals surface area contributed by atoms with Gasteiger partial charge in [-0.1, -0.05) is 24.3 Å². The lowest BCUT2D eigenvalue weighted by Gasteiger charge is -2.13. The highest BCUT2D eigenvalue weighted by molar-refractivity contribution is 14.0. The Bertz CT molecular complexity index is 675. The number of guanidine groups is 1. The van der Waals surface area contributed by atoms with Crippen molar-refractivity contribution < 1.29 is 9.13 Å². The number of nitrogens with zero attached hydrogens (tertiary/aromatic N) is 1. The summed E-state index contributed by atoms with van der Waals surface area (Å²) in [4.78, 5) is 4.17. The molecule has 0 heterocycles. The van der Waals surface area contributed by atoms with E-state index in [2.05, 4.69) is 15.6 Å². The molecule has 0 fully saturated rings. The highest BCUT2D eigenvalue weighted by atomic mass is 127. The number of halogens is 2. The van der Waals surface area contributed by atoms with Crippen molar-refractivity contribution in [2.45, 2.75) is 33.0 Å². The lowest BCUT2D eigenvalue weighted by molar-refractivity contribution is 0.242. The zero-order chi connectivity index (χ0) is 17.4. The summed E-state index contributed by atoms with van der Waals surface area (Å²) >= 11 is 0. The molecular formula is C19H25FIN3O. The third-order valence-corrected chi connectivity index (χ3v) is 3.33. The van der Waals surface area contributed by atoms with Crippen LogP contribution in [0.1, 0.15) is 25.0 Å². The molecule has 2 N–H and O–H groups in total. The lowest BCUT2D eigenvalue weighted by atomic mass is 10.2. The van der Waals surface area contributed by atoms with Gasteiger partial charge in [0.05, 0.1) is 6.10 Å². The van der Waals surface area contributed by atoms with E-state index in [0.29, 0.717) is 19.0 Å². The lowest BCUT2D eigenvalue weighted by Crippen LogP contribution is -2.36. The Morgan fingerprint density at radius 3 is 2.24 bits per heavy atom. The average Bonchev–Trinajstić information content (AvgIpc) is 2.56. The van der Waals surface area contributed by atoms with Gasteiger partial charge in [0, 0.05) is 20.1 Å². The molecule has 2 aromatic rings. The second kappa shape index (κ2) is 10.9. The molecule has 0 amide bonds. The summed E-state index contributed by atoms with van der Waals surface area (Å²) in [5.74, 6) is 1.30. The van der Waals surface area contributed by atoms with E-state index >= 15 is 0 Å². The summed E-state index contributed by atoms with van der Waals surface area (Å²) < 4.78 is 18.8. The molecule has 136 valence electrons. The van der Waals surface area contributed by atoms with E-state index in [4.69, 9.17) is 4.74 Å². The second-order valence-electron chi connectivity index (χ2n) is 5.72. The van der Waals surface area contributed by atoms with Gasteiger partial charge in [0.1, 0.15) is 11.6 Å². The Labute approximate surface area is 165 Å². The molecule has 2 rings (SSSR count). The molecular weight excluding hydrogens is 432 g/mol. The summed E-state index contributed by atoms with van der Waals surface area (Å²) in [6.45, 7) is 5.16.